The van der Waals surface area contributed by atoms with Gasteiger partial charge in [-0.3, -0.25) is 0 Å². The number of hydrogen-bond acceptors (Lipinski definition) is 7. The number of rotatable bonds is 4. The van der Waals surface area contributed by atoms with Crippen LogP contribution in [0.4, 0.5) is 5.82 Å². The Labute approximate surface area is 98.1 Å². The molecule has 0 saturated carbocycles. The fourth-order valence-corrected chi connectivity index (χ4v) is 1.08. The summed E-state index contributed by atoms with van der Waals surface area (Å²) in [7, 11) is 2.56. The first-order chi connectivity index (χ1) is 8.08. The van der Waals surface area contributed by atoms with Crippen molar-refractivity contribution in [2.24, 2.45) is 0 Å². The third kappa shape index (κ3) is 3.40. The third-order valence-electron chi connectivity index (χ3n) is 1.98. The molecule has 0 aliphatic carbocycles. The van der Waals surface area contributed by atoms with Gasteiger partial charge in [-0.1, -0.05) is 0 Å². The highest BCUT2D eigenvalue weighted by Crippen LogP contribution is 2.05. The summed E-state index contributed by atoms with van der Waals surface area (Å²) in [6.07, 6.45) is 0. The minimum absolute atomic E-state index is 0.101. The molecule has 1 N–H and O–H groups in total. The van der Waals surface area contributed by atoms with E-state index in [2.05, 4.69) is 25.0 Å². The second-order valence-electron chi connectivity index (χ2n) is 3.18. The van der Waals surface area contributed by atoms with Gasteiger partial charge in [0.15, 0.2) is 5.69 Å². The standard InChI is InChI=1S/C10H13N3O4/c1-6(9(14)16-2)11-8-5-4-7(12-13-8)10(15)17-3/h4-6H,1-3H3,(H,11,13). The van der Waals surface area contributed by atoms with Crippen LogP contribution < -0.4 is 5.32 Å². The molecule has 1 unspecified atom stereocenters. The minimum Gasteiger partial charge on any atom is -0.467 e. The fraction of sp³-hybridized carbons (Fsp3) is 0.400. The zero-order chi connectivity index (χ0) is 12.8. The second-order valence-corrected chi connectivity index (χ2v) is 3.18. The van der Waals surface area contributed by atoms with Gasteiger partial charge < -0.3 is 14.8 Å². The number of hydrogen-bond donors (Lipinski definition) is 1. The van der Waals surface area contributed by atoms with Gasteiger partial charge in [-0.05, 0) is 19.1 Å². The number of carbonyl (C=O) groups excluding carboxylic acids is 2. The molecule has 7 nitrogen and oxygen atoms in total. The molecule has 1 rings (SSSR count). The minimum atomic E-state index is -0.565. The van der Waals surface area contributed by atoms with E-state index in [1.54, 1.807) is 6.92 Å². The predicted molar refractivity (Wildman–Crippen MR) is 58.5 cm³/mol. The number of nitrogens with one attached hydrogen (secondary N) is 1. The van der Waals surface area contributed by atoms with E-state index in [4.69, 9.17) is 0 Å². The summed E-state index contributed by atoms with van der Waals surface area (Å²) < 4.78 is 9.02. The van der Waals surface area contributed by atoms with Crippen molar-refractivity contribution in [3.05, 3.63) is 17.8 Å². The highest BCUT2D eigenvalue weighted by molar-refractivity contribution is 5.87. The van der Waals surface area contributed by atoms with Crippen LogP contribution in [0.15, 0.2) is 12.1 Å². The summed E-state index contributed by atoms with van der Waals surface area (Å²) in [5.41, 5.74) is 0.101. The van der Waals surface area contributed by atoms with Crippen LogP contribution in [0, 0.1) is 0 Å². The molecule has 92 valence electrons. The Morgan fingerprint density at radius 1 is 1.24 bits per heavy atom. The lowest BCUT2D eigenvalue weighted by molar-refractivity contribution is -0.141. The zero-order valence-electron chi connectivity index (χ0n) is 9.76. The molecule has 0 amide bonds. The van der Waals surface area contributed by atoms with Gasteiger partial charge in [-0.15, -0.1) is 10.2 Å². The molecule has 0 radical (unpaired) electrons. The first-order valence-corrected chi connectivity index (χ1v) is 4.85. The largest absolute Gasteiger partial charge is 0.467 e. The van der Waals surface area contributed by atoms with Crippen LogP contribution in [0.5, 0.6) is 0 Å². The van der Waals surface area contributed by atoms with E-state index in [1.807, 2.05) is 0 Å². The molecule has 1 aromatic rings. The van der Waals surface area contributed by atoms with Crippen molar-refractivity contribution < 1.29 is 19.1 Å². The van der Waals surface area contributed by atoms with Crippen LogP contribution in [0.25, 0.3) is 0 Å². The quantitative estimate of drug-likeness (QED) is 0.752. The van der Waals surface area contributed by atoms with Crippen molar-refractivity contribution >= 4 is 17.8 Å². The first kappa shape index (κ1) is 12.9. The zero-order valence-corrected chi connectivity index (χ0v) is 9.76. The van der Waals surface area contributed by atoms with Crippen LogP contribution in [-0.2, 0) is 14.3 Å². The van der Waals surface area contributed by atoms with Crippen molar-refractivity contribution in [3.8, 4) is 0 Å². The summed E-state index contributed by atoms with van der Waals surface area (Å²) in [5.74, 6) is -0.607. The molecule has 0 spiro atoms. The summed E-state index contributed by atoms with van der Waals surface area (Å²) in [4.78, 5) is 22.2. The van der Waals surface area contributed by atoms with E-state index in [0.29, 0.717) is 5.82 Å². The molecule has 0 saturated heterocycles. The molecule has 0 aliphatic rings. The lowest BCUT2D eigenvalue weighted by Gasteiger charge is -2.11. The van der Waals surface area contributed by atoms with Gasteiger partial charge in [0, 0.05) is 0 Å². The van der Waals surface area contributed by atoms with E-state index < -0.39 is 18.0 Å². The third-order valence-corrected chi connectivity index (χ3v) is 1.98. The van der Waals surface area contributed by atoms with Gasteiger partial charge in [0.05, 0.1) is 14.2 Å². The second kappa shape index (κ2) is 5.78. The summed E-state index contributed by atoms with van der Waals surface area (Å²) >= 11 is 0. The molecule has 1 aromatic heterocycles. The van der Waals surface area contributed by atoms with Gasteiger partial charge in [0.1, 0.15) is 11.9 Å². The maximum Gasteiger partial charge on any atom is 0.358 e. The normalized spacial score (nSPS) is 11.5. The molecule has 0 bridgehead atoms. The highest BCUT2D eigenvalue weighted by Gasteiger charge is 2.14. The Hall–Kier alpha value is -2.18. The van der Waals surface area contributed by atoms with Crippen LogP contribution in [0.2, 0.25) is 0 Å². The smallest absolute Gasteiger partial charge is 0.358 e. The van der Waals surface area contributed by atoms with Gasteiger partial charge in [-0.2, -0.15) is 0 Å². The van der Waals surface area contributed by atoms with Crippen molar-refractivity contribution in [2.75, 3.05) is 19.5 Å². The number of nitrogens with zero attached hydrogens (tertiary/aromatic N) is 2. The van der Waals surface area contributed by atoms with E-state index in [-0.39, 0.29) is 5.69 Å². The van der Waals surface area contributed by atoms with Crippen LogP contribution >= 0.6 is 0 Å². The predicted octanol–water partition coefficient (Wildman–Crippen LogP) is 0.237. The van der Waals surface area contributed by atoms with Gasteiger partial charge in [0.25, 0.3) is 0 Å². The maximum atomic E-state index is 11.1. The van der Waals surface area contributed by atoms with Crippen molar-refractivity contribution in [3.63, 3.8) is 0 Å². The molecule has 7 heteroatoms. The number of esters is 2. The van der Waals surface area contributed by atoms with Gasteiger partial charge >= 0.3 is 11.9 Å². The van der Waals surface area contributed by atoms with E-state index in [1.165, 1.54) is 26.4 Å². The molecular weight excluding hydrogens is 226 g/mol. The van der Waals surface area contributed by atoms with Crippen LogP contribution in [-0.4, -0.2) is 42.4 Å². The molecule has 0 fully saturated rings. The number of anilines is 1. The van der Waals surface area contributed by atoms with E-state index in [9.17, 15) is 9.59 Å². The van der Waals surface area contributed by atoms with Crippen molar-refractivity contribution in [1.29, 1.82) is 0 Å². The Balaban J connectivity index is 2.68. The molecule has 1 heterocycles. The van der Waals surface area contributed by atoms with Crippen LogP contribution in [0.3, 0.4) is 0 Å². The first-order valence-electron chi connectivity index (χ1n) is 4.85. The SMILES string of the molecule is COC(=O)c1ccc(NC(C)C(=O)OC)nn1. The number of ether oxygens (including phenoxy) is 2. The average Bonchev–Trinajstić information content (AvgIpc) is 2.37. The lowest BCUT2D eigenvalue weighted by Crippen LogP contribution is -2.27. The summed E-state index contributed by atoms with van der Waals surface area (Å²) in [6, 6.07) is 2.43. The van der Waals surface area contributed by atoms with E-state index >= 15 is 0 Å². The molecule has 0 aromatic carbocycles. The Kier molecular flexibility index (Phi) is 4.38. The fourth-order valence-electron chi connectivity index (χ4n) is 1.08. The molecule has 17 heavy (non-hydrogen) atoms. The molecule has 0 aliphatic heterocycles. The lowest BCUT2D eigenvalue weighted by atomic mass is 10.3. The van der Waals surface area contributed by atoms with Gasteiger partial charge in [-0.25, -0.2) is 9.59 Å². The molecular formula is C10H13N3O4. The number of carbonyl (C=O) groups is 2. The molecule has 1 atom stereocenters. The number of aromatic nitrogens is 2. The Morgan fingerprint density at radius 3 is 2.41 bits per heavy atom. The van der Waals surface area contributed by atoms with Crippen molar-refractivity contribution in [2.45, 2.75) is 13.0 Å². The Morgan fingerprint density at radius 2 is 1.94 bits per heavy atom. The topological polar surface area (TPSA) is 90.4 Å². The monoisotopic (exact) mass is 239 g/mol. The summed E-state index contributed by atoms with van der Waals surface area (Å²) in [5, 5.41) is 10.2. The number of methoxy groups -OCH3 is 2. The summed E-state index contributed by atoms with van der Waals surface area (Å²) in [6.45, 7) is 1.63. The average molecular weight is 239 g/mol. The Bertz CT molecular complexity index is 405. The van der Waals surface area contributed by atoms with Crippen LogP contribution in [0.1, 0.15) is 17.4 Å². The van der Waals surface area contributed by atoms with E-state index in [0.717, 1.165) is 0 Å². The highest BCUT2D eigenvalue weighted by atomic mass is 16.5. The van der Waals surface area contributed by atoms with Gasteiger partial charge in [0.2, 0.25) is 0 Å². The van der Waals surface area contributed by atoms with Crippen molar-refractivity contribution in [1.82, 2.24) is 10.2 Å². The maximum absolute atomic E-state index is 11.1.